The van der Waals surface area contributed by atoms with Gasteiger partial charge in [0.1, 0.15) is 0 Å². The standard InChI is InChI=1S/C16H23NO3/c1-13-6-4-5-7-14(13)8-9-15(18)17-12-16(2,19)10-11-20-3/h4-9,19H,10-12H2,1-3H3,(H,17,18)/b9-8+. The van der Waals surface area contributed by atoms with E-state index in [1.165, 1.54) is 6.08 Å². The number of ether oxygens (including phenoxy) is 1. The number of rotatable bonds is 7. The first-order valence-electron chi connectivity index (χ1n) is 6.67. The maximum absolute atomic E-state index is 11.7. The second kappa shape index (κ2) is 7.82. The maximum atomic E-state index is 11.7. The van der Waals surface area contributed by atoms with Gasteiger partial charge in [-0.3, -0.25) is 4.79 Å². The van der Waals surface area contributed by atoms with Gasteiger partial charge in [-0.25, -0.2) is 0 Å². The Morgan fingerprint density at radius 1 is 1.45 bits per heavy atom. The summed E-state index contributed by atoms with van der Waals surface area (Å²) in [6.07, 6.45) is 3.73. The molecule has 0 heterocycles. The molecule has 1 rings (SSSR count). The number of aryl methyl sites for hydroxylation is 1. The predicted octanol–water partition coefficient (Wildman–Crippen LogP) is 1.91. The molecule has 2 N–H and O–H groups in total. The van der Waals surface area contributed by atoms with Crippen LogP contribution in [0.15, 0.2) is 30.3 Å². The molecule has 1 atom stereocenters. The number of nitrogens with one attached hydrogen (secondary N) is 1. The van der Waals surface area contributed by atoms with Crippen molar-refractivity contribution in [2.45, 2.75) is 25.9 Å². The highest BCUT2D eigenvalue weighted by atomic mass is 16.5. The Hall–Kier alpha value is -1.65. The lowest BCUT2D eigenvalue weighted by Gasteiger charge is -2.22. The van der Waals surface area contributed by atoms with Crippen molar-refractivity contribution < 1.29 is 14.6 Å². The summed E-state index contributed by atoms with van der Waals surface area (Å²) in [5, 5.41) is 12.7. The lowest BCUT2D eigenvalue weighted by molar-refractivity contribution is -0.117. The summed E-state index contributed by atoms with van der Waals surface area (Å²) in [5.74, 6) is -0.217. The van der Waals surface area contributed by atoms with Gasteiger partial charge >= 0.3 is 0 Å². The van der Waals surface area contributed by atoms with Crippen LogP contribution in [0.2, 0.25) is 0 Å². The molecular formula is C16H23NO3. The van der Waals surface area contributed by atoms with Crippen molar-refractivity contribution in [3.8, 4) is 0 Å². The zero-order valence-electron chi connectivity index (χ0n) is 12.3. The highest BCUT2D eigenvalue weighted by molar-refractivity contribution is 5.91. The quantitative estimate of drug-likeness (QED) is 0.749. The van der Waals surface area contributed by atoms with E-state index in [-0.39, 0.29) is 12.5 Å². The number of methoxy groups -OCH3 is 1. The summed E-state index contributed by atoms with van der Waals surface area (Å²) in [7, 11) is 1.58. The van der Waals surface area contributed by atoms with E-state index < -0.39 is 5.60 Å². The average molecular weight is 277 g/mol. The zero-order chi connectivity index (χ0) is 15.0. The second-order valence-electron chi connectivity index (χ2n) is 5.15. The Labute approximate surface area is 120 Å². The summed E-state index contributed by atoms with van der Waals surface area (Å²) in [6, 6.07) is 7.83. The van der Waals surface area contributed by atoms with Crippen LogP contribution in [0.3, 0.4) is 0 Å². The molecule has 4 nitrogen and oxygen atoms in total. The van der Waals surface area contributed by atoms with Crippen molar-refractivity contribution in [1.82, 2.24) is 5.32 Å². The third-order valence-electron chi connectivity index (χ3n) is 3.09. The van der Waals surface area contributed by atoms with Gasteiger partial charge in [-0.2, -0.15) is 0 Å². The SMILES string of the molecule is COCCC(C)(O)CNC(=O)/C=C/c1ccccc1C. The summed E-state index contributed by atoms with van der Waals surface area (Å²) in [6.45, 7) is 4.33. The molecule has 0 aliphatic carbocycles. The first-order chi connectivity index (χ1) is 9.44. The van der Waals surface area contributed by atoms with E-state index in [2.05, 4.69) is 5.32 Å². The Kier molecular flexibility index (Phi) is 6.42. The van der Waals surface area contributed by atoms with E-state index >= 15 is 0 Å². The van der Waals surface area contributed by atoms with Crippen LogP contribution in [0.1, 0.15) is 24.5 Å². The topological polar surface area (TPSA) is 58.6 Å². The van der Waals surface area contributed by atoms with Crippen LogP contribution in [0.5, 0.6) is 0 Å². The lowest BCUT2D eigenvalue weighted by atomic mass is 10.0. The zero-order valence-corrected chi connectivity index (χ0v) is 12.3. The van der Waals surface area contributed by atoms with Crippen molar-refractivity contribution >= 4 is 12.0 Å². The van der Waals surface area contributed by atoms with Crippen LogP contribution in [-0.4, -0.2) is 36.9 Å². The fourth-order valence-electron chi connectivity index (χ4n) is 1.69. The summed E-state index contributed by atoms with van der Waals surface area (Å²) in [4.78, 5) is 11.7. The molecule has 4 heteroatoms. The molecule has 0 saturated carbocycles. The molecule has 0 aliphatic heterocycles. The Morgan fingerprint density at radius 2 is 2.15 bits per heavy atom. The van der Waals surface area contributed by atoms with E-state index in [9.17, 15) is 9.90 Å². The molecule has 110 valence electrons. The number of carbonyl (C=O) groups is 1. The van der Waals surface area contributed by atoms with Gasteiger partial charge in [-0.05, 0) is 31.1 Å². The summed E-state index contributed by atoms with van der Waals surface area (Å²) < 4.78 is 4.92. The van der Waals surface area contributed by atoms with Crippen LogP contribution in [0.4, 0.5) is 0 Å². The number of hydrogen-bond acceptors (Lipinski definition) is 3. The minimum Gasteiger partial charge on any atom is -0.388 e. The minimum absolute atomic E-state index is 0.202. The molecule has 1 aromatic rings. The summed E-state index contributed by atoms with van der Waals surface area (Å²) in [5.41, 5.74) is 1.17. The summed E-state index contributed by atoms with van der Waals surface area (Å²) >= 11 is 0. The highest BCUT2D eigenvalue weighted by Crippen LogP contribution is 2.09. The first kappa shape index (κ1) is 16.4. The Bertz CT molecular complexity index is 467. The van der Waals surface area contributed by atoms with Gasteiger partial charge in [0.05, 0.1) is 5.60 Å². The number of aliphatic hydroxyl groups is 1. The third kappa shape index (κ3) is 5.99. The maximum Gasteiger partial charge on any atom is 0.244 e. The first-order valence-corrected chi connectivity index (χ1v) is 6.67. The number of hydrogen-bond donors (Lipinski definition) is 2. The average Bonchev–Trinajstić information content (AvgIpc) is 2.42. The highest BCUT2D eigenvalue weighted by Gasteiger charge is 2.20. The van der Waals surface area contributed by atoms with Crippen LogP contribution < -0.4 is 5.32 Å². The Morgan fingerprint density at radius 3 is 2.80 bits per heavy atom. The van der Waals surface area contributed by atoms with Crippen LogP contribution in [0.25, 0.3) is 6.08 Å². The monoisotopic (exact) mass is 277 g/mol. The van der Waals surface area contributed by atoms with Gasteiger partial charge in [-0.1, -0.05) is 24.3 Å². The van der Waals surface area contributed by atoms with E-state index in [0.29, 0.717) is 13.0 Å². The molecule has 0 fully saturated rings. The fourth-order valence-corrected chi connectivity index (χ4v) is 1.69. The smallest absolute Gasteiger partial charge is 0.244 e. The second-order valence-corrected chi connectivity index (χ2v) is 5.15. The molecule has 1 amide bonds. The van der Waals surface area contributed by atoms with Gasteiger partial charge in [0.15, 0.2) is 0 Å². The van der Waals surface area contributed by atoms with Gasteiger partial charge < -0.3 is 15.2 Å². The number of amides is 1. The van der Waals surface area contributed by atoms with Gasteiger partial charge in [0.25, 0.3) is 0 Å². The number of carbonyl (C=O) groups excluding carboxylic acids is 1. The molecule has 1 aromatic carbocycles. The molecule has 0 bridgehead atoms. The van der Waals surface area contributed by atoms with Crippen molar-refractivity contribution in [3.63, 3.8) is 0 Å². The van der Waals surface area contributed by atoms with Crippen LogP contribution in [-0.2, 0) is 9.53 Å². The van der Waals surface area contributed by atoms with Gasteiger partial charge in [0, 0.05) is 32.8 Å². The molecular weight excluding hydrogens is 254 g/mol. The normalized spacial score (nSPS) is 14.2. The molecule has 0 spiro atoms. The molecule has 0 saturated heterocycles. The largest absolute Gasteiger partial charge is 0.388 e. The third-order valence-corrected chi connectivity index (χ3v) is 3.09. The predicted molar refractivity (Wildman–Crippen MR) is 80.3 cm³/mol. The minimum atomic E-state index is -0.956. The fraction of sp³-hybridized carbons (Fsp3) is 0.438. The van der Waals surface area contributed by atoms with Crippen LogP contribution in [0, 0.1) is 6.92 Å². The van der Waals surface area contributed by atoms with Crippen LogP contribution >= 0.6 is 0 Å². The van der Waals surface area contributed by atoms with Crippen molar-refractivity contribution in [1.29, 1.82) is 0 Å². The molecule has 20 heavy (non-hydrogen) atoms. The molecule has 1 unspecified atom stereocenters. The van der Waals surface area contributed by atoms with Gasteiger partial charge in [-0.15, -0.1) is 0 Å². The van der Waals surface area contributed by atoms with E-state index in [4.69, 9.17) is 4.74 Å². The van der Waals surface area contributed by atoms with Crippen molar-refractivity contribution in [3.05, 3.63) is 41.5 Å². The van der Waals surface area contributed by atoms with Gasteiger partial charge in [0.2, 0.25) is 5.91 Å². The Balaban J connectivity index is 2.46. The molecule has 0 aliphatic rings. The van der Waals surface area contributed by atoms with Crippen molar-refractivity contribution in [2.75, 3.05) is 20.3 Å². The van der Waals surface area contributed by atoms with E-state index in [0.717, 1.165) is 11.1 Å². The lowest BCUT2D eigenvalue weighted by Crippen LogP contribution is -2.40. The number of benzene rings is 1. The van der Waals surface area contributed by atoms with E-state index in [1.54, 1.807) is 20.1 Å². The molecule has 0 radical (unpaired) electrons. The molecule has 0 aromatic heterocycles. The van der Waals surface area contributed by atoms with E-state index in [1.807, 2.05) is 31.2 Å². The van der Waals surface area contributed by atoms with Crippen molar-refractivity contribution in [2.24, 2.45) is 0 Å².